The molecule has 0 radical (unpaired) electrons. The number of carbonyl (C=O) groups is 1. The first-order valence-corrected chi connectivity index (χ1v) is 6.27. The van der Waals surface area contributed by atoms with Crippen LogP contribution in [0.25, 0.3) is 0 Å². The fraction of sp³-hybridized carbons (Fsp3) is 0.125. The second-order valence-electron chi connectivity index (χ2n) is 2.60. The number of hydrogen-bond donors (Lipinski definition) is 0. The lowest BCUT2D eigenvalue weighted by atomic mass is 10.1. The molecular weight excluding hydrogens is 400 g/mol. The van der Waals surface area contributed by atoms with E-state index < -0.39 is 4.92 Å². The molecule has 0 bridgehead atoms. The standard InChI is InChI=1S/C8H4BrClINO3/c9-3-7(13)5-1-4(12(14)15)2-6(11)8(5)10/h1-2H,3H2. The lowest BCUT2D eigenvalue weighted by Crippen LogP contribution is -2.03. The van der Waals surface area contributed by atoms with Crippen LogP contribution in [-0.4, -0.2) is 16.0 Å². The minimum Gasteiger partial charge on any atom is -0.293 e. The van der Waals surface area contributed by atoms with Gasteiger partial charge in [-0.05, 0) is 22.6 Å². The van der Waals surface area contributed by atoms with Crippen molar-refractivity contribution < 1.29 is 9.72 Å². The average Bonchev–Trinajstić information content (AvgIpc) is 2.20. The van der Waals surface area contributed by atoms with E-state index in [2.05, 4.69) is 15.9 Å². The summed E-state index contributed by atoms with van der Waals surface area (Å²) in [5, 5.41) is 10.9. The van der Waals surface area contributed by atoms with Gasteiger partial charge in [-0.15, -0.1) is 0 Å². The van der Waals surface area contributed by atoms with Crippen LogP contribution >= 0.6 is 50.1 Å². The number of halogens is 3. The van der Waals surface area contributed by atoms with Crippen molar-refractivity contribution >= 4 is 61.6 Å². The van der Waals surface area contributed by atoms with Crippen LogP contribution in [-0.2, 0) is 0 Å². The van der Waals surface area contributed by atoms with Crippen LogP contribution in [0, 0.1) is 13.7 Å². The van der Waals surface area contributed by atoms with Gasteiger partial charge in [0.25, 0.3) is 5.69 Å². The molecule has 1 aromatic rings. The van der Waals surface area contributed by atoms with E-state index in [1.54, 1.807) is 0 Å². The maximum absolute atomic E-state index is 11.4. The Balaban J connectivity index is 3.37. The van der Waals surface area contributed by atoms with Gasteiger partial charge in [0, 0.05) is 21.3 Å². The molecule has 0 unspecified atom stereocenters. The normalized spacial score (nSPS) is 10.1. The zero-order chi connectivity index (χ0) is 11.6. The summed E-state index contributed by atoms with van der Waals surface area (Å²) in [7, 11) is 0. The van der Waals surface area contributed by atoms with Crippen LogP contribution in [0.3, 0.4) is 0 Å². The Morgan fingerprint density at radius 1 is 1.60 bits per heavy atom. The minimum atomic E-state index is -0.552. The summed E-state index contributed by atoms with van der Waals surface area (Å²) in [5.41, 5.74) is 0.0419. The third-order valence-electron chi connectivity index (χ3n) is 1.65. The molecule has 15 heavy (non-hydrogen) atoms. The molecule has 0 saturated carbocycles. The lowest BCUT2D eigenvalue weighted by molar-refractivity contribution is -0.385. The van der Waals surface area contributed by atoms with Crippen LogP contribution in [0.5, 0.6) is 0 Å². The van der Waals surface area contributed by atoms with Crippen molar-refractivity contribution in [2.75, 3.05) is 5.33 Å². The van der Waals surface area contributed by atoms with Crippen LogP contribution in [0.1, 0.15) is 10.4 Å². The first-order chi connectivity index (χ1) is 6.97. The van der Waals surface area contributed by atoms with Gasteiger partial charge in [0.05, 0.1) is 15.3 Å². The molecule has 0 atom stereocenters. The topological polar surface area (TPSA) is 60.2 Å². The highest BCUT2D eigenvalue weighted by Gasteiger charge is 2.18. The van der Waals surface area contributed by atoms with Crippen LogP contribution in [0.15, 0.2) is 12.1 Å². The fourth-order valence-electron chi connectivity index (χ4n) is 0.955. The Morgan fingerprint density at radius 2 is 2.20 bits per heavy atom. The van der Waals surface area contributed by atoms with Crippen LogP contribution in [0.2, 0.25) is 5.02 Å². The number of non-ortho nitro benzene ring substituents is 1. The zero-order valence-electron chi connectivity index (χ0n) is 7.17. The van der Waals surface area contributed by atoms with E-state index in [1.807, 2.05) is 22.6 Å². The smallest absolute Gasteiger partial charge is 0.271 e. The molecular formula is C8H4BrClINO3. The average molecular weight is 404 g/mol. The van der Waals surface area contributed by atoms with E-state index in [-0.39, 0.29) is 27.4 Å². The zero-order valence-corrected chi connectivity index (χ0v) is 11.7. The molecule has 1 aromatic carbocycles. The molecule has 0 saturated heterocycles. The Labute approximate surface area is 112 Å². The highest BCUT2D eigenvalue weighted by Crippen LogP contribution is 2.28. The van der Waals surface area contributed by atoms with Gasteiger partial charge in [0.2, 0.25) is 0 Å². The van der Waals surface area contributed by atoms with Gasteiger partial charge in [0.15, 0.2) is 5.78 Å². The summed E-state index contributed by atoms with van der Waals surface area (Å²) < 4.78 is 0.493. The highest BCUT2D eigenvalue weighted by atomic mass is 127. The van der Waals surface area contributed by atoms with E-state index >= 15 is 0 Å². The van der Waals surface area contributed by atoms with Crippen molar-refractivity contribution in [3.05, 3.63) is 36.4 Å². The van der Waals surface area contributed by atoms with Crippen LogP contribution in [0.4, 0.5) is 5.69 Å². The third-order valence-corrected chi connectivity index (χ3v) is 3.73. The summed E-state index contributed by atoms with van der Waals surface area (Å²) in [5.74, 6) is -0.276. The molecule has 0 N–H and O–H groups in total. The molecule has 80 valence electrons. The minimum absolute atomic E-state index is 0.0873. The molecule has 0 aliphatic heterocycles. The summed E-state index contributed by atoms with van der Waals surface area (Å²) in [6, 6.07) is 2.52. The van der Waals surface area contributed by atoms with Crippen molar-refractivity contribution in [3.8, 4) is 0 Å². The Morgan fingerprint density at radius 3 is 2.67 bits per heavy atom. The van der Waals surface area contributed by atoms with Gasteiger partial charge >= 0.3 is 0 Å². The number of nitro groups is 1. The molecule has 0 fully saturated rings. The monoisotopic (exact) mass is 403 g/mol. The van der Waals surface area contributed by atoms with Crippen LogP contribution < -0.4 is 0 Å². The van der Waals surface area contributed by atoms with Gasteiger partial charge in [-0.3, -0.25) is 14.9 Å². The number of nitrogens with zero attached hydrogens (tertiary/aromatic N) is 1. The summed E-state index contributed by atoms with van der Waals surface area (Å²) >= 11 is 10.7. The van der Waals surface area contributed by atoms with E-state index in [0.29, 0.717) is 3.57 Å². The molecule has 0 spiro atoms. The van der Waals surface area contributed by atoms with Crippen molar-refractivity contribution in [1.29, 1.82) is 0 Å². The number of ketones is 1. The maximum Gasteiger partial charge on any atom is 0.271 e. The fourth-order valence-corrected chi connectivity index (χ4v) is 2.08. The van der Waals surface area contributed by atoms with Crippen molar-refractivity contribution in [1.82, 2.24) is 0 Å². The number of carbonyl (C=O) groups excluding carboxylic acids is 1. The summed E-state index contributed by atoms with van der Waals surface area (Å²) in [4.78, 5) is 21.4. The summed E-state index contributed by atoms with van der Waals surface area (Å²) in [6.45, 7) is 0. The Kier molecular flexibility index (Phi) is 4.47. The molecule has 7 heteroatoms. The van der Waals surface area contributed by atoms with E-state index in [1.165, 1.54) is 12.1 Å². The van der Waals surface area contributed by atoms with Crippen molar-refractivity contribution in [2.24, 2.45) is 0 Å². The largest absolute Gasteiger partial charge is 0.293 e. The number of hydrogen-bond acceptors (Lipinski definition) is 3. The number of rotatable bonds is 3. The lowest BCUT2D eigenvalue weighted by Gasteiger charge is -2.03. The molecule has 4 nitrogen and oxygen atoms in total. The predicted molar refractivity (Wildman–Crippen MR) is 68.9 cm³/mol. The quantitative estimate of drug-likeness (QED) is 0.255. The van der Waals surface area contributed by atoms with E-state index in [0.717, 1.165) is 0 Å². The molecule has 1 rings (SSSR count). The predicted octanol–water partition coefficient (Wildman–Crippen LogP) is 3.43. The van der Waals surface area contributed by atoms with Gasteiger partial charge < -0.3 is 0 Å². The van der Waals surface area contributed by atoms with E-state index in [4.69, 9.17) is 11.6 Å². The second-order valence-corrected chi connectivity index (χ2v) is 4.70. The maximum atomic E-state index is 11.4. The summed E-state index contributed by atoms with van der Waals surface area (Å²) in [6.07, 6.45) is 0. The Bertz CT molecular complexity index is 438. The van der Waals surface area contributed by atoms with Gasteiger partial charge in [0.1, 0.15) is 0 Å². The molecule has 0 aromatic heterocycles. The number of nitro benzene ring substituents is 1. The molecule has 0 aliphatic carbocycles. The highest BCUT2D eigenvalue weighted by molar-refractivity contribution is 14.1. The van der Waals surface area contributed by atoms with Gasteiger partial charge in [-0.2, -0.15) is 0 Å². The van der Waals surface area contributed by atoms with Gasteiger partial charge in [-0.25, -0.2) is 0 Å². The SMILES string of the molecule is O=C(CBr)c1cc([N+](=O)[O-])cc(I)c1Cl. The molecule has 0 amide bonds. The number of alkyl halides is 1. The Hall–Kier alpha value is -0.210. The van der Waals surface area contributed by atoms with Gasteiger partial charge in [-0.1, -0.05) is 27.5 Å². The van der Waals surface area contributed by atoms with Crippen molar-refractivity contribution in [2.45, 2.75) is 0 Å². The first kappa shape index (κ1) is 12.9. The third kappa shape index (κ3) is 2.88. The number of benzene rings is 1. The first-order valence-electron chi connectivity index (χ1n) is 3.70. The van der Waals surface area contributed by atoms with Crippen molar-refractivity contribution in [3.63, 3.8) is 0 Å². The molecule has 0 heterocycles. The number of Topliss-reactive ketones (excluding diaryl/α,β-unsaturated/α-hetero) is 1. The second kappa shape index (κ2) is 5.22. The molecule has 0 aliphatic rings. The van der Waals surface area contributed by atoms with E-state index in [9.17, 15) is 14.9 Å².